The van der Waals surface area contributed by atoms with E-state index in [0.29, 0.717) is 18.8 Å². The Morgan fingerprint density at radius 1 is 1.62 bits per heavy atom. The van der Waals surface area contributed by atoms with Gasteiger partial charge in [-0.15, -0.1) is 0 Å². The number of hydrogen-bond acceptors (Lipinski definition) is 4. The summed E-state index contributed by atoms with van der Waals surface area (Å²) in [4.78, 5) is 19.0. The van der Waals surface area contributed by atoms with Gasteiger partial charge in [0.1, 0.15) is 6.33 Å². The largest absolute Gasteiger partial charge is 0.360 e. The van der Waals surface area contributed by atoms with Gasteiger partial charge in [-0.25, -0.2) is 9.97 Å². The van der Waals surface area contributed by atoms with Gasteiger partial charge in [0.2, 0.25) is 0 Å². The molecule has 13 heavy (non-hydrogen) atoms. The van der Waals surface area contributed by atoms with Crippen molar-refractivity contribution in [2.24, 2.45) is 0 Å². The molecule has 0 saturated carbocycles. The van der Waals surface area contributed by atoms with Crippen molar-refractivity contribution in [1.82, 2.24) is 15.3 Å². The maximum absolute atomic E-state index is 11.3. The Hall–Kier alpha value is -1.49. The molecule has 1 fully saturated rings. The second-order valence-electron chi connectivity index (χ2n) is 2.68. The number of aromatic nitrogens is 2. The van der Waals surface area contributed by atoms with Gasteiger partial charge in [-0.05, 0) is 6.07 Å². The maximum atomic E-state index is 11.3. The predicted octanol–water partition coefficient (Wildman–Crippen LogP) is -0.336. The fourth-order valence-corrected chi connectivity index (χ4v) is 1.20. The van der Waals surface area contributed by atoms with Crippen LogP contribution in [0.25, 0.3) is 0 Å². The second-order valence-corrected chi connectivity index (χ2v) is 2.68. The van der Waals surface area contributed by atoms with Crippen LogP contribution in [-0.4, -0.2) is 29.0 Å². The van der Waals surface area contributed by atoms with Gasteiger partial charge in [0.25, 0.3) is 5.91 Å². The molecule has 1 saturated heterocycles. The summed E-state index contributed by atoms with van der Waals surface area (Å²) in [6, 6.07) is 1.68. The lowest BCUT2D eigenvalue weighted by molar-refractivity contribution is -0.138. The summed E-state index contributed by atoms with van der Waals surface area (Å²) < 4.78 is 5.27. The Bertz CT molecular complexity index is 302. The predicted molar refractivity (Wildman–Crippen MR) is 43.7 cm³/mol. The first kappa shape index (κ1) is 8.12. The summed E-state index contributed by atoms with van der Waals surface area (Å²) in [5.74, 6) is -0.134. The number of morpholine rings is 1. The first-order valence-electron chi connectivity index (χ1n) is 4.03. The molecule has 0 spiro atoms. The maximum Gasteiger partial charge on any atom is 0.255 e. The number of amides is 1. The number of hydrogen-bond donors (Lipinski definition) is 1. The molecule has 1 N–H and O–H groups in total. The molecule has 0 radical (unpaired) electrons. The molecule has 1 aromatic rings. The fourth-order valence-electron chi connectivity index (χ4n) is 1.20. The van der Waals surface area contributed by atoms with Crippen LogP contribution in [0.15, 0.2) is 18.6 Å². The van der Waals surface area contributed by atoms with E-state index in [9.17, 15) is 4.79 Å². The number of nitrogens with zero attached hydrogens (tertiary/aromatic N) is 2. The highest BCUT2D eigenvalue weighted by Crippen LogP contribution is 2.15. The molecule has 1 unspecified atom stereocenters. The minimum Gasteiger partial charge on any atom is -0.360 e. The molecule has 0 aliphatic carbocycles. The van der Waals surface area contributed by atoms with Crippen LogP contribution in [0.1, 0.15) is 11.8 Å². The highest BCUT2D eigenvalue weighted by Gasteiger charge is 2.25. The van der Waals surface area contributed by atoms with E-state index < -0.39 is 6.10 Å². The Balaban J connectivity index is 2.20. The molecule has 5 nitrogen and oxygen atoms in total. The van der Waals surface area contributed by atoms with E-state index in [4.69, 9.17) is 4.74 Å². The molecule has 2 heterocycles. The van der Waals surface area contributed by atoms with Crippen molar-refractivity contribution in [2.45, 2.75) is 6.10 Å². The number of nitrogens with one attached hydrogen (secondary N) is 1. The van der Waals surface area contributed by atoms with E-state index >= 15 is 0 Å². The third kappa shape index (κ3) is 1.65. The zero-order valence-electron chi connectivity index (χ0n) is 6.93. The summed E-state index contributed by atoms with van der Waals surface area (Å²) in [6.45, 7) is 1.10. The van der Waals surface area contributed by atoms with Crippen LogP contribution in [0.4, 0.5) is 0 Å². The van der Waals surface area contributed by atoms with Crippen LogP contribution >= 0.6 is 0 Å². The third-order valence-electron chi connectivity index (χ3n) is 1.80. The molecule has 5 heteroatoms. The third-order valence-corrected chi connectivity index (χ3v) is 1.80. The quantitative estimate of drug-likeness (QED) is 0.640. The fraction of sp³-hybridized carbons (Fsp3) is 0.375. The number of carbonyl (C=O) groups excluding carboxylic acids is 1. The van der Waals surface area contributed by atoms with Gasteiger partial charge >= 0.3 is 0 Å². The van der Waals surface area contributed by atoms with Crippen molar-refractivity contribution in [3.05, 3.63) is 24.3 Å². The van der Waals surface area contributed by atoms with Gasteiger partial charge in [-0.3, -0.25) is 4.79 Å². The summed E-state index contributed by atoms with van der Waals surface area (Å²) in [5, 5.41) is 2.71. The van der Waals surface area contributed by atoms with Crippen LogP contribution in [0.2, 0.25) is 0 Å². The standard InChI is InChI=1S/C8H9N3O2/c12-8-7(13-4-3-10-8)6-1-2-9-5-11-6/h1-2,5,7H,3-4H2,(H,10,12). The molecule has 68 valence electrons. The number of carbonyl (C=O) groups is 1. The molecule has 1 amide bonds. The zero-order valence-corrected chi connectivity index (χ0v) is 6.93. The van der Waals surface area contributed by atoms with Crippen molar-refractivity contribution in [1.29, 1.82) is 0 Å². The average Bonchev–Trinajstić information content (AvgIpc) is 2.20. The van der Waals surface area contributed by atoms with Crippen LogP contribution < -0.4 is 5.32 Å². The average molecular weight is 179 g/mol. The van der Waals surface area contributed by atoms with Crippen LogP contribution in [-0.2, 0) is 9.53 Å². The first-order valence-corrected chi connectivity index (χ1v) is 4.03. The highest BCUT2D eigenvalue weighted by molar-refractivity contribution is 5.82. The molecule has 0 bridgehead atoms. The smallest absolute Gasteiger partial charge is 0.255 e. The van der Waals surface area contributed by atoms with Crippen molar-refractivity contribution in [3.8, 4) is 0 Å². The molecule has 1 atom stereocenters. The monoisotopic (exact) mass is 179 g/mol. The van der Waals surface area contributed by atoms with Crippen LogP contribution in [0.3, 0.4) is 0 Å². The Morgan fingerprint density at radius 3 is 3.23 bits per heavy atom. The first-order chi connectivity index (χ1) is 6.38. The summed E-state index contributed by atoms with van der Waals surface area (Å²) in [6.07, 6.45) is 2.42. The van der Waals surface area contributed by atoms with Crippen molar-refractivity contribution in [3.63, 3.8) is 0 Å². The van der Waals surface area contributed by atoms with E-state index in [0.717, 1.165) is 0 Å². The normalized spacial score (nSPS) is 22.5. The van der Waals surface area contributed by atoms with Gasteiger partial charge in [0.15, 0.2) is 6.10 Å². The SMILES string of the molecule is O=C1NCCOC1c1ccncn1. The topological polar surface area (TPSA) is 64.1 Å². The van der Waals surface area contributed by atoms with Crippen LogP contribution in [0, 0.1) is 0 Å². The van der Waals surface area contributed by atoms with Crippen LogP contribution in [0.5, 0.6) is 0 Å². The van der Waals surface area contributed by atoms with Gasteiger partial charge in [-0.2, -0.15) is 0 Å². The van der Waals surface area contributed by atoms with E-state index in [1.165, 1.54) is 6.33 Å². The molecular formula is C8H9N3O2. The van der Waals surface area contributed by atoms with E-state index in [-0.39, 0.29) is 5.91 Å². The van der Waals surface area contributed by atoms with E-state index in [1.807, 2.05) is 0 Å². The lowest BCUT2D eigenvalue weighted by Crippen LogP contribution is -2.39. The molecule has 1 aromatic heterocycles. The van der Waals surface area contributed by atoms with Gasteiger partial charge in [0.05, 0.1) is 12.3 Å². The Kier molecular flexibility index (Phi) is 2.18. The lowest BCUT2D eigenvalue weighted by atomic mass is 10.2. The Morgan fingerprint density at radius 2 is 2.54 bits per heavy atom. The van der Waals surface area contributed by atoms with Gasteiger partial charge in [-0.1, -0.05) is 0 Å². The summed E-state index contributed by atoms with van der Waals surface area (Å²) >= 11 is 0. The van der Waals surface area contributed by atoms with Crippen molar-refractivity contribution in [2.75, 3.05) is 13.2 Å². The second kappa shape index (κ2) is 3.49. The summed E-state index contributed by atoms with van der Waals surface area (Å²) in [5.41, 5.74) is 0.604. The molecule has 0 aromatic carbocycles. The van der Waals surface area contributed by atoms with Crippen molar-refractivity contribution < 1.29 is 9.53 Å². The Labute approximate surface area is 75.1 Å². The summed E-state index contributed by atoms with van der Waals surface area (Å²) in [7, 11) is 0. The molecule has 1 aliphatic heterocycles. The molecular weight excluding hydrogens is 170 g/mol. The molecule has 1 aliphatic rings. The van der Waals surface area contributed by atoms with Gasteiger partial charge in [0, 0.05) is 12.7 Å². The number of rotatable bonds is 1. The lowest BCUT2D eigenvalue weighted by Gasteiger charge is -2.21. The molecule has 2 rings (SSSR count). The van der Waals surface area contributed by atoms with E-state index in [2.05, 4.69) is 15.3 Å². The minimum absolute atomic E-state index is 0.134. The van der Waals surface area contributed by atoms with E-state index in [1.54, 1.807) is 12.3 Å². The highest BCUT2D eigenvalue weighted by atomic mass is 16.5. The minimum atomic E-state index is -0.572. The number of ether oxygens (including phenoxy) is 1. The van der Waals surface area contributed by atoms with Gasteiger partial charge < -0.3 is 10.1 Å². The van der Waals surface area contributed by atoms with Crippen molar-refractivity contribution >= 4 is 5.91 Å². The zero-order chi connectivity index (χ0) is 9.10.